The van der Waals surface area contributed by atoms with Gasteiger partial charge in [-0.25, -0.2) is 13.1 Å². The molecule has 0 bridgehead atoms. The van der Waals surface area contributed by atoms with Crippen LogP contribution in [0.5, 0.6) is 0 Å². The van der Waals surface area contributed by atoms with Gasteiger partial charge in [0.05, 0.1) is 24.4 Å². The van der Waals surface area contributed by atoms with Gasteiger partial charge < -0.3 is 14.5 Å². The smallest absolute Gasteiger partial charge is 0.295 e. The van der Waals surface area contributed by atoms with Crippen molar-refractivity contribution in [2.75, 3.05) is 18.2 Å². The second kappa shape index (κ2) is 5.19. The van der Waals surface area contributed by atoms with E-state index in [-0.39, 0.29) is 24.1 Å². The number of nitrogens with one attached hydrogen (secondary N) is 2. The van der Waals surface area contributed by atoms with E-state index in [2.05, 4.69) is 15.0 Å². The van der Waals surface area contributed by atoms with Gasteiger partial charge in [-0.2, -0.15) is 4.98 Å². The molecule has 7 nitrogen and oxygen atoms in total. The van der Waals surface area contributed by atoms with Crippen LogP contribution in [0, 0.1) is 12.8 Å². The Morgan fingerprint density at radius 2 is 2.13 bits per heavy atom. The van der Waals surface area contributed by atoms with E-state index < -0.39 is 10.0 Å². The normalized spacial score (nSPS) is 30.2. The van der Waals surface area contributed by atoms with E-state index in [1.807, 2.05) is 25.1 Å². The average molecular weight is 337 g/mol. The molecular formula is C15H19N3O4S. The lowest BCUT2D eigenvalue weighted by atomic mass is 9.72. The lowest BCUT2D eigenvalue weighted by Gasteiger charge is -2.47. The number of oxazole rings is 1. The van der Waals surface area contributed by atoms with E-state index in [4.69, 9.17) is 9.15 Å². The van der Waals surface area contributed by atoms with Gasteiger partial charge >= 0.3 is 0 Å². The molecule has 2 N–H and O–H groups in total. The largest absolute Gasteiger partial charge is 0.424 e. The quantitative estimate of drug-likeness (QED) is 0.872. The number of fused-ring (bicyclic) bond motifs is 2. The zero-order valence-electron chi connectivity index (χ0n) is 12.9. The molecule has 1 aliphatic heterocycles. The molecule has 2 heterocycles. The van der Waals surface area contributed by atoms with E-state index in [9.17, 15) is 8.42 Å². The number of ether oxygens (including phenoxy) is 1. The molecule has 1 aromatic heterocycles. The minimum Gasteiger partial charge on any atom is -0.424 e. The first-order chi connectivity index (χ1) is 10.9. The molecule has 0 amide bonds. The van der Waals surface area contributed by atoms with Crippen molar-refractivity contribution in [3.05, 3.63) is 23.8 Å². The highest BCUT2D eigenvalue weighted by atomic mass is 32.2. The molecule has 2 aliphatic rings. The highest BCUT2D eigenvalue weighted by Crippen LogP contribution is 2.41. The summed E-state index contributed by atoms with van der Waals surface area (Å²) in [7, 11) is -3.30. The van der Waals surface area contributed by atoms with Crippen LogP contribution < -0.4 is 10.0 Å². The summed E-state index contributed by atoms with van der Waals surface area (Å²) in [4.78, 5) is 4.44. The van der Waals surface area contributed by atoms with Crippen LogP contribution >= 0.6 is 0 Å². The molecule has 124 valence electrons. The van der Waals surface area contributed by atoms with Crippen LogP contribution in [0.15, 0.2) is 22.6 Å². The summed E-state index contributed by atoms with van der Waals surface area (Å²) >= 11 is 0. The Labute approximate surface area is 134 Å². The number of rotatable bonds is 4. The minimum atomic E-state index is -3.30. The fourth-order valence-electron chi connectivity index (χ4n) is 3.53. The van der Waals surface area contributed by atoms with Crippen molar-refractivity contribution in [2.24, 2.45) is 5.92 Å². The Kier molecular flexibility index (Phi) is 3.36. The van der Waals surface area contributed by atoms with Crippen LogP contribution in [0.25, 0.3) is 11.1 Å². The van der Waals surface area contributed by atoms with E-state index >= 15 is 0 Å². The third-order valence-corrected chi connectivity index (χ3v) is 5.27. The van der Waals surface area contributed by atoms with Gasteiger partial charge in [-0.05, 0) is 31.0 Å². The molecule has 2 fully saturated rings. The summed E-state index contributed by atoms with van der Waals surface area (Å²) in [6.07, 6.45) is 1.99. The molecule has 1 saturated heterocycles. The van der Waals surface area contributed by atoms with Crippen molar-refractivity contribution in [1.82, 2.24) is 9.71 Å². The number of aryl methyl sites for hydroxylation is 1. The third kappa shape index (κ3) is 2.71. The average Bonchev–Trinajstić information content (AvgIpc) is 3.05. The molecule has 0 spiro atoms. The number of hydrogen-bond acceptors (Lipinski definition) is 6. The van der Waals surface area contributed by atoms with Crippen molar-refractivity contribution < 1.29 is 17.6 Å². The third-order valence-electron chi connectivity index (χ3n) is 4.57. The summed E-state index contributed by atoms with van der Waals surface area (Å²) in [5, 5.41) is 3.25. The van der Waals surface area contributed by atoms with Crippen LogP contribution in [0.1, 0.15) is 12.0 Å². The summed E-state index contributed by atoms with van der Waals surface area (Å²) in [6, 6.07) is 5.85. The molecule has 1 aromatic carbocycles. The van der Waals surface area contributed by atoms with Crippen LogP contribution in [0.2, 0.25) is 0 Å². The number of nitrogens with zero attached hydrogens (tertiary/aromatic N) is 1. The van der Waals surface area contributed by atoms with Crippen molar-refractivity contribution in [3.8, 4) is 0 Å². The van der Waals surface area contributed by atoms with Crippen LogP contribution in [0.3, 0.4) is 0 Å². The Hall–Kier alpha value is -1.64. The van der Waals surface area contributed by atoms with Crippen molar-refractivity contribution in [3.63, 3.8) is 0 Å². The summed E-state index contributed by atoms with van der Waals surface area (Å²) in [6.45, 7) is 2.65. The first-order valence-corrected chi connectivity index (χ1v) is 9.52. The molecule has 1 saturated carbocycles. The molecule has 1 aliphatic carbocycles. The lowest BCUT2D eigenvalue weighted by Crippen LogP contribution is -2.67. The first kappa shape index (κ1) is 14.9. The summed E-state index contributed by atoms with van der Waals surface area (Å²) < 4.78 is 37.1. The molecule has 2 aromatic rings. The fraction of sp³-hybridized carbons (Fsp3) is 0.533. The standard InChI is InChI=1S/C15H19N3O4S/c1-8-3-4-11-10(7-8)16-15(22-11)17-12-9-5-6-21-14(9)13(12)18-23(2,19)20/h3-4,7,9,12-14,18H,5-6H2,1-2H3,(H,16,17)/t9-,12+,13-,14-/m1/s1. The molecule has 0 radical (unpaired) electrons. The zero-order valence-corrected chi connectivity index (χ0v) is 13.8. The summed E-state index contributed by atoms with van der Waals surface area (Å²) in [5.41, 5.74) is 2.62. The van der Waals surface area contributed by atoms with Gasteiger partial charge in [0.15, 0.2) is 5.58 Å². The van der Waals surface area contributed by atoms with Crippen LogP contribution in [-0.2, 0) is 14.8 Å². The summed E-state index contributed by atoms with van der Waals surface area (Å²) in [5.74, 6) is 0.269. The highest BCUT2D eigenvalue weighted by molar-refractivity contribution is 7.88. The van der Waals surface area contributed by atoms with E-state index in [1.165, 1.54) is 0 Å². The lowest BCUT2D eigenvalue weighted by molar-refractivity contribution is -0.00365. The number of hydrogen-bond donors (Lipinski definition) is 2. The van der Waals surface area contributed by atoms with Crippen LogP contribution in [-0.4, -0.2) is 44.5 Å². The molecule has 4 rings (SSSR count). The predicted octanol–water partition coefficient (Wildman–Crippen LogP) is 1.25. The molecular weight excluding hydrogens is 318 g/mol. The molecule has 0 unspecified atom stereocenters. The van der Waals surface area contributed by atoms with Crippen molar-refractivity contribution in [2.45, 2.75) is 31.5 Å². The van der Waals surface area contributed by atoms with Gasteiger partial charge in [-0.15, -0.1) is 0 Å². The van der Waals surface area contributed by atoms with E-state index in [0.29, 0.717) is 18.2 Å². The van der Waals surface area contributed by atoms with Gasteiger partial charge in [0.1, 0.15) is 5.52 Å². The maximum absolute atomic E-state index is 11.6. The minimum absolute atomic E-state index is 0.0751. The molecule has 4 atom stereocenters. The monoisotopic (exact) mass is 337 g/mol. The number of aromatic nitrogens is 1. The number of sulfonamides is 1. The molecule has 23 heavy (non-hydrogen) atoms. The van der Waals surface area contributed by atoms with Gasteiger partial charge in [0.2, 0.25) is 10.0 Å². The Balaban J connectivity index is 1.57. The van der Waals surface area contributed by atoms with E-state index in [0.717, 1.165) is 23.8 Å². The van der Waals surface area contributed by atoms with Crippen LogP contribution in [0.4, 0.5) is 6.01 Å². The van der Waals surface area contributed by atoms with Gasteiger partial charge in [-0.1, -0.05) is 6.07 Å². The Bertz CT molecular complexity index is 848. The SMILES string of the molecule is Cc1ccc2oc(N[C@H]3[C@H]4CCO[C@H]4[C@@H]3NS(C)(=O)=O)nc2c1. The Morgan fingerprint density at radius 3 is 2.91 bits per heavy atom. The molecule has 8 heteroatoms. The fourth-order valence-corrected chi connectivity index (χ4v) is 4.31. The maximum Gasteiger partial charge on any atom is 0.295 e. The number of benzene rings is 1. The second-order valence-corrected chi connectivity index (χ2v) is 8.14. The number of anilines is 1. The highest BCUT2D eigenvalue weighted by Gasteiger charge is 2.55. The van der Waals surface area contributed by atoms with Gasteiger partial charge in [0, 0.05) is 12.5 Å². The topological polar surface area (TPSA) is 93.5 Å². The second-order valence-electron chi connectivity index (χ2n) is 6.36. The van der Waals surface area contributed by atoms with Gasteiger partial charge in [0.25, 0.3) is 6.01 Å². The van der Waals surface area contributed by atoms with Gasteiger partial charge in [-0.3, -0.25) is 0 Å². The van der Waals surface area contributed by atoms with E-state index in [1.54, 1.807) is 0 Å². The predicted molar refractivity (Wildman–Crippen MR) is 85.8 cm³/mol. The Morgan fingerprint density at radius 1 is 1.30 bits per heavy atom. The zero-order chi connectivity index (χ0) is 16.2. The van der Waals surface area contributed by atoms with Crippen molar-refractivity contribution in [1.29, 1.82) is 0 Å². The first-order valence-electron chi connectivity index (χ1n) is 7.63. The maximum atomic E-state index is 11.6. The van der Waals surface area contributed by atoms with Crippen molar-refractivity contribution >= 4 is 27.1 Å².